The smallest absolute Gasteiger partial charge is 0.226 e. The minimum Gasteiger partial charge on any atom is -0.343 e. The van der Waals surface area contributed by atoms with Crippen LogP contribution in [0.4, 0.5) is 5.69 Å². The number of benzene rings is 1. The highest BCUT2D eigenvalue weighted by molar-refractivity contribution is 5.91. The summed E-state index contributed by atoms with van der Waals surface area (Å²) in [5, 5.41) is 6.27. The average Bonchev–Trinajstić information content (AvgIpc) is 2.58. The summed E-state index contributed by atoms with van der Waals surface area (Å²) >= 11 is 0. The van der Waals surface area contributed by atoms with Crippen molar-refractivity contribution >= 4 is 17.5 Å². The summed E-state index contributed by atoms with van der Waals surface area (Å²) in [5.41, 5.74) is 1.77. The maximum atomic E-state index is 12.1. The van der Waals surface area contributed by atoms with E-state index in [4.69, 9.17) is 0 Å². The van der Waals surface area contributed by atoms with E-state index in [2.05, 4.69) is 10.6 Å². The van der Waals surface area contributed by atoms with Crippen molar-refractivity contribution in [2.24, 2.45) is 5.92 Å². The molecular weight excluding hydrogens is 302 g/mol. The van der Waals surface area contributed by atoms with Gasteiger partial charge in [-0.1, -0.05) is 12.1 Å². The molecule has 1 aromatic carbocycles. The Balaban J connectivity index is 1.82. The van der Waals surface area contributed by atoms with Crippen LogP contribution in [-0.4, -0.2) is 42.9 Å². The first-order valence-corrected chi connectivity index (χ1v) is 8.99. The van der Waals surface area contributed by atoms with Crippen LogP contribution in [0.1, 0.15) is 38.7 Å². The third-order valence-electron chi connectivity index (χ3n) is 4.64. The lowest BCUT2D eigenvalue weighted by Gasteiger charge is -2.22. The molecule has 5 heteroatoms. The molecule has 0 aliphatic carbocycles. The number of carbonyl (C=O) groups is 2. The highest BCUT2D eigenvalue weighted by Crippen LogP contribution is 2.17. The Bertz CT molecular complexity index is 532. The van der Waals surface area contributed by atoms with Crippen molar-refractivity contribution in [2.45, 2.75) is 39.5 Å². The molecule has 0 spiro atoms. The van der Waals surface area contributed by atoms with Crippen molar-refractivity contribution in [1.82, 2.24) is 10.2 Å². The molecular formula is C19H29N3O2. The molecule has 5 nitrogen and oxygen atoms in total. The van der Waals surface area contributed by atoms with Gasteiger partial charge in [0.2, 0.25) is 11.8 Å². The second-order valence-electron chi connectivity index (χ2n) is 6.39. The predicted molar refractivity (Wildman–Crippen MR) is 96.9 cm³/mol. The van der Waals surface area contributed by atoms with Crippen molar-refractivity contribution in [3.05, 3.63) is 29.8 Å². The van der Waals surface area contributed by atoms with Crippen molar-refractivity contribution in [3.63, 3.8) is 0 Å². The third-order valence-corrected chi connectivity index (χ3v) is 4.64. The van der Waals surface area contributed by atoms with Gasteiger partial charge in [0.05, 0.1) is 6.42 Å². The molecule has 1 aliphatic rings. The molecule has 1 saturated heterocycles. The van der Waals surface area contributed by atoms with E-state index in [0.29, 0.717) is 18.8 Å². The highest BCUT2D eigenvalue weighted by Gasteiger charge is 2.17. The Morgan fingerprint density at radius 2 is 1.75 bits per heavy atom. The summed E-state index contributed by atoms with van der Waals surface area (Å²) in [6, 6.07) is 7.60. The van der Waals surface area contributed by atoms with Gasteiger partial charge in [0.25, 0.3) is 0 Å². The lowest BCUT2D eigenvalue weighted by molar-refractivity contribution is -0.130. The van der Waals surface area contributed by atoms with Crippen LogP contribution >= 0.6 is 0 Å². The third kappa shape index (κ3) is 5.64. The largest absolute Gasteiger partial charge is 0.343 e. The number of nitrogens with one attached hydrogen (secondary N) is 2. The number of piperidine rings is 1. The fourth-order valence-electron chi connectivity index (χ4n) is 3.13. The van der Waals surface area contributed by atoms with Crippen LogP contribution in [0.15, 0.2) is 24.3 Å². The molecule has 2 N–H and O–H groups in total. The number of anilines is 1. The Morgan fingerprint density at radius 3 is 2.33 bits per heavy atom. The number of carbonyl (C=O) groups excluding carboxylic acids is 2. The summed E-state index contributed by atoms with van der Waals surface area (Å²) < 4.78 is 0. The second kappa shape index (κ2) is 9.42. The van der Waals surface area contributed by atoms with Crippen LogP contribution in [0, 0.1) is 5.92 Å². The number of hydrogen-bond donors (Lipinski definition) is 2. The van der Waals surface area contributed by atoms with Crippen molar-refractivity contribution in [1.29, 1.82) is 0 Å². The van der Waals surface area contributed by atoms with Crippen LogP contribution in [0.5, 0.6) is 0 Å². The Morgan fingerprint density at radius 1 is 1.12 bits per heavy atom. The van der Waals surface area contributed by atoms with E-state index in [-0.39, 0.29) is 11.8 Å². The lowest BCUT2D eigenvalue weighted by atomic mass is 9.94. The average molecular weight is 331 g/mol. The zero-order valence-electron chi connectivity index (χ0n) is 14.8. The maximum Gasteiger partial charge on any atom is 0.226 e. The first-order valence-electron chi connectivity index (χ1n) is 8.99. The van der Waals surface area contributed by atoms with Gasteiger partial charge >= 0.3 is 0 Å². The van der Waals surface area contributed by atoms with Crippen molar-refractivity contribution in [2.75, 3.05) is 31.5 Å². The molecule has 0 bridgehead atoms. The van der Waals surface area contributed by atoms with Gasteiger partial charge < -0.3 is 15.5 Å². The highest BCUT2D eigenvalue weighted by atomic mass is 16.2. The summed E-state index contributed by atoms with van der Waals surface area (Å²) in [5.74, 6) is 0.703. The van der Waals surface area contributed by atoms with Crippen LogP contribution in [-0.2, 0) is 16.0 Å². The topological polar surface area (TPSA) is 61.4 Å². The molecule has 2 rings (SSSR count). The first kappa shape index (κ1) is 18.5. The maximum absolute atomic E-state index is 12.1. The quantitative estimate of drug-likeness (QED) is 0.807. The van der Waals surface area contributed by atoms with E-state index in [9.17, 15) is 9.59 Å². The van der Waals surface area contributed by atoms with E-state index in [0.717, 1.165) is 50.3 Å². The van der Waals surface area contributed by atoms with Gasteiger partial charge in [0.1, 0.15) is 0 Å². The van der Waals surface area contributed by atoms with Crippen LogP contribution in [0.25, 0.3) is 0 Å². The fraction of sp³-hybridized carbons (Fsp3) is 0.579. The van der Waals surface area contributed by atoms with Gasteiger partial charge in [-0.15, -0.1) is 0 Å². The Hall–Kier alpha value is -1.88. The molecule has 2 amide bonds. The van der Waals surface area contributed by atoms with Gasteiger partial charge in [-0.3, -0.25) is 9.59 Å². The van der Waals surface area contributed by atoms with E-state index >= 15 is 0 Å². The molecule has 0 unspecified atom stereocenters. The minimum atomic E-state index is 0.0777. The Kier molecular flexibility index (Phi) is 7.25. The Labute approximate surface area is 144 Å². The normalized spacial score (nSPS) is 15.1. The van der Waals surface area contributed by atoms with Crippen LogP contribution in [0.3, 0.4) is 0 Å². The van der Waals surface area contributed by atoms with Crippen LogP contribution in [0.2, 0.25) is 0 Å². The number of nitrogens with zero attached hydrogens (tertiary/aromatic N) is 1. The molecule has 0 radical (unpaired) electrons. The monoisotopic (exact) mass is 331 g/mol. The lowest BCUT2D eigenvalue weighted by Crippen LogP contribution is -2.31. The number of hydrogen-bond acceptors (Lipinski definition) is 3. The molecule has 1 aliphatic heterocycles. The molecule has 132 valence electrons. The van der Waals surface area contributed by atoms with E-state index in [1.165, 1.54) is 0 Å². The summed E-state index contributed by atoms with van der Waals surface area (Å²) in [7, 11) is 0. The number of rotatable bonds is 7. The summed E-state index contributed by atoms with van der Waals surface area (Å²) in [6.45, 7) is 7.46. The zero-order valence-corrected chi connectivity index (χ0v) is 14.8. The van der Waals surface area contributed by atoms with Gasteiger partial charge in [-0.25, -0.2) is 0 Å². The molecule has 0 atom stereocenters. The first-order chi connectivity index (χ1) is 11.6. The van der Waals surface area contributed by atoms with Gasteiger partial charge in [0.15, 0.2) is 0 Å². The van der Waals surface area contributed by atoms with E-state index < -0.39 is 0 Å². The molecule has 1 heterocycles. The molecule has 1 aromatic rings. The van der Waals surface area contributed by atoms with E-state index in [1.54, 1.807) is 0 Å². The second-order valence-corrected chi connectivity index (χ2v) is 6.39. The minimum absolute atomic E-state index is 0.0777. The fourth-order valence-corrected chi connectivity index (χ4v) is 3.13. The molecule has 24 heavy (non-hydrogen) atoms. The van der Waals surface area contributed by atoms with Gasteiger partial charge in [0, 0.05) is 25.2 Å². The summed E-state index contributed by atoms with van der Waals surface area (Å²) in [4.78, 5) is 26.1. The zero-order chi connectivity index (χ0) is 17.4. The molecule has 0 saturated carbocycles. The van der Waals surface area contributed by atoms with Gasteiger partial charge in [-0.2, -0.15) is 0 Å². The standard InChI is InChI=1S/C19H29N3O2/c1-3-22(4-2)19(24)14-15-5-7-17(8-6-15)21-18(23)13-16-9-11-20-12-10-16/h5-8,16,20H,3-4,9-14H2,1-2H3,(H,21,23). The number of amides is 2. The van der Waals surface area contributed by atoms with Gasteiger partial charge in [-0.05, 0) is 63.4 Å². The van der Waals surface area contributed by atoms with E-state index in [1.807, 2.05) is 43.0 Å². The van der Waals surface area contributed by atoms with Crippen molar-refractivity contribution in [3.8, 4) is 0 Å². The van der Waals surface area contributed by atoms with Crippen molar-refractivity contribution < 1.29 is 9.59 Å². The molecule has 0 aromatic heterocycles. The van der Waals surface area contributed by atoms with Crippen LogP contribution < -0.4 is 10.6 Å². The predicted octanol–water partition coefficient (Wildman–Crippen LogP) is 2.43. The SMILES string of the molecule is CCN(CC)C(=O)Cc1ccc(NC(=O)CC2CCNCC2)cc1. The molecule has 1 fully saturated rings. The number of likely N-dealkylation sites (N-methyl/N-ethyl adjacent to an activating group) is 1. The summed E-state index contributed by atoms with van der Waals surface area (Å²) in [6.07, 6.45) is 3.13.